The number of aryl methyl sites for hydroxylation is 1. The van der Waals surface area contributed by atoms with Crippen LogP contribution in [0.2, 0.25) is 0 Å². The molecule has 4 unspecified atom stereocenters. The van der Waals surface area contributed by atoms with Crippen LogP contribution in [0, 0.1) is 29.6 Å². The molecule has 0 radical (unpaired) electrons. The average molecular weight is 365 g/mol. The molecule has 0 amide bonds. The van der Waals surface area contributed by atoms with E-state index in [1.165, 1.54) is 76.2 Å². The number of hydrogen-bond acceptors (Lipinski definition) is 0. The van der Waals surface area contributed by atoms with Crippen LogP contribution in [0.5, 0.6) is 0 Å². The maximum atomic E-state index is 4.02. The fourth-order valence-corrected chi connectivity index (χ4v) is 6.75. The molecule has 0 heterocycles. The fourth-order valence-electron chi connectivity index (χ4n) is 6.75. The molecule has 0 N–H and O–H groups in total. The molecule has 0 nitrogen and oxygen atoms in total. The van der Waals surface area contributed by atoms with E-state index in [2.05, 4.69) is 43.8 Å². The number of benzene rings is 1. The summed E-state index contributed by atoms with van der Waals surface area (Å²) in [6, 6.07) is 9.67. The Morgan fingerprint density at radius 3 is 2.04 bits per heavy atom. The van der Waals surface area contributed by atoms with Gasteiger partial charge in [-0.3, -0.25) is 0 Å². The second-order valence-electron chi connectivity index (χ2n) is 10.0. The maximum Gasteiger partial charge on any atom is -0.0159 e. The van der Waals surface area contributed by atoms with Gasteiger partial charge < -0.3 is 0 Å². The first kappa shape index (κ1) is 19.3. The number of rotatable bonds is 5. The molecule has 3 saturated carbocycles. The highest BCUT2D eigenvalue weighted by atomic mass is 14.4. The molecule has 0 heteroatoms. The third kappa shape index (κ3) is 4.52. The maximum absolute atomic E-state index is 4.02. The van der Waals surface area contributed by atoms with Gasteiger partial charge in [-0.15, -0.1) is 6.58 Å². The zero-order valence-corrected chi connectivity index (χ0v) is 17.5. The predicted octanol–water partition coefficient (Wildman–Crippen LogP) is 7.93. The highest BCUT2D eigenvalue weighted by Gasteiger charge is 2.38. The molecule has 4 atom stereocenters. The van der Waals surface area contributed by atoms with Gasteiger partial charge in [-0.05, 0) is 117 Å². The van der Waals surface area contributed by atoms with Gasteiger partial charge in [0.2, 0.25) is 0 Å². The van der Waals surface area contributed by atoms with Gasteiger partial charge in [0.1, 0.15) is 0 Å². The van der Waals surface area contributed by atoms with Crippen molar-refractivity contribution in [3.63, 3.8) is 0 Å². The van der Waals surface area contributed by atoms with Gasteiger partial charge in [-0.25, -0.2) is 0 Å². The molecule has 0 aromatic heterocycles. The summed E-state index contributed by atoms with van der Waals surface area (Å²) in [4.78, 5) is 0. The van der Waals surface area contributed by atoms with Crippen LogP contribution in [0.15, 0.2) is 36.9 Å². The lowest BCUT2D eigenvalue weighted by atomic mass is 9.60. The summed E-state index contributed by atoms with van der Waals surface area (Å²) < 4.78 is 0. The van der Waals surface area contributed by atoms with Gasteiger partial charge in [-0.1, -0.05) is 43.7 Å². The minimum Gasteiger partial charge on any atom is -0.103 e. The predicted molar refractivity (Wildman–Crippen MR) is 117 cm³/mol. The van der Waals surface area contributed by atoms with Gasteiger partial charge in [0, 0.05) is 0 Å². The standard InChI is InChI=1S/C27H40/c1-3-5-21-8-12-23(13-9-21)25-15-17-26-18-24(14-16-27(26)19-25)22-10-6-20(4-2)7-11-22/h4,8-9,12-13,20,22,24-27H,2-3,5-7,10-11,14-19H2,1H3. The summed E-state index contributed by atoms with van der Waals surface area (Å²) in [5.74, 6) is 5.78. The Labute approximate surface area is 167 Å². The second-order valence-corrected chi connectivity index (χ2v) is 10.0. The average Bonchev–Trinajstić information content (AvgIpc) is 2.74. The first-order valence-corrected chi connectivity index (χ1v) is 12.0. The monoisotopic (exact) mass is 364 g/mol. The largest absolute Gasteiger partial charge is 0.103 e. The number of allylic oxidation sites excluding steroid dienone is 1. The Hall–Kier alpha value is -1.04. The molecular weight excluding hydrogens is 324 g/mol. The highest BCUT2D eigenvalue weighted by molar-refractivity contribution is 5.26. The Morgan fingerprint density at radius 1 is 0.778 bits per heavy atom. The summed E-state index contributed by atoms with van der Waals surface area (Å²) >= 11 is 0. The van der Waals surface area contributed by atoms with E-state index in [1.807, 2.05) is 0 Å². The first-order valence-electron chi connectivity index (χ1n) is 12.0. The van der Waals surface area contributed by atoms with Crippen LogP contribution in [-0.4, -0.2) is 0 Å². The van der Waals surface area contributed by atoms with E-state index in [4.69, 9.17) is 0 Å². The van der Waals surface area contributed by atoms with Gasteiger partial charge in [0.25, 0.3) is 0 Å². The molecule has 27 heavy (non-hydrogen) atoms. The van der Waals surface area contributed by atoms with Crippen molar-refractivity contribution in [3.05, 3.63) is 48.0 Å². The topological polar surface area (TPSA) is 0 Å². The summed E-state index contributed by atoms with van der Waals surface area (Å²) in [6.07, 6.45) is 19.4. The van der Waals surface area contributed by atoms with E-state index in [9.17, 15) is 0 Å². The Bertz CT molecular complexity index is 589. The lowest BCUT2D eigenvalue weighted by Gasteiger charge is -2.45. The summed E-state index contributed by atoms with van der Waals surface area (Å²) in [7, 11) is 0. The summed E-state index contributed by atoms with van der Waals surface area (Å²) in [6.45, 7) is 6.30. The van der Waals surface area contributed by atoms with E-state index in [-0.39, 0.29) is 0 Å². The van der Waals surface area contributed by atoms with Crippen molar-refractivity contribution in [2.45, 2.75) is 89.9 Å². The second kappa shape index (κ2) is 8.97. The SMILES string of the molecule is C=CC1CCC(C2CCC3CC(c4ccc(CCC)cc4)CCC3C2)CC1. The Morgan fingerprint density at radius 2 is 1.37 bits per heavy atom. The van der Waals surface area contributed by atoms with E-state index < -0.39 is 0 Å². The molecule has 3 aliphatic carbocycles. The van der Waals surface area contributed by atoms with Crippen molar-refractivity contribution in [1.29, 1.82) is 0 Å². The normalized spacial score (nSPS) is 36.8. The van der Waals surface area contributed by atoms with Crippen molar-refractivity contribution in [3.8, 4) is 0 Å². The van der Waals surface area contributed by atoms with Crippen molar-refractivity contribution in [2.75, 3.05) is 0 Å². The van der Waals surface area contributed by atoms with Crippen molar-refractivity contribution in [2.24, 2.45) is 29.6 Å². The molecule has 1 aromatic carbocycles. The number of hydrogen-bond donors (Lipinski definition) is 0. The molecule has 0 aliphatic heterocycles. The van der Waals surface area contributed by atoms with Gasteiger partial charge in [-0.2, -0.15) is 0 Å². The third-order valence-electron chi connectivity index (χ3n) is 8.46. The third-order valence-corrected chi connectivity index (χ3v) is 8.46. The van der Waals surface area contributed by atoms with Crippen LogP contribution in [0.4, 0.5) is 0 Å². The minimum atomic E-state index is 0.816. The molecule has 3 fully saturated rings. The first-order chi connectivity index (χ1) is 13.3. The smallest absolute Gasteiger partial charge is 0.0159 e. The molecule has 0 spiro atoms. The van der Waals surface area contributed by atoms with E-state index in [0.717, 1.165) is 35.5 Å². The Kier molecular flexibility index (Phi) is 6.41. The van der Waals surface area contributed by atoms with Gasteiger partial charge in [0.05, 0.1) is 0 Å². The molecular formula is C27H40. The molecule has 0 saturated heterocycles. The highest BCUT2D eigenvalue weighted by Crippen LogP contribution is 2.50. The molecule has 148 valence electrons. The molecule has 0 bridgehead atoms. The van der Waals surface area contributed by atoms with Crippen LogP contribution < -0.4 is 0 Å². The van der Waals surface area contributed by atoms with Crippen LogP contribution in [0.1, 0.15) is 94.6 Å². The summed E-state index contributed by atoms with van der Waals surface area (Å²) in [5.41, 5.74) is 3.14. The van der Waals surface area contributed by atoms with Crippen molar-refractivity contribution < 1.29 is 0 Å². The summed E-state index contributed by atoms with van der Waals surface area (Å²) in [5, 5.41) is 0. The van der Waals surface area contributed by atoms with Crippen LogP contribution >= 0.6 is 0 Å². The van der Waals surface area contributed by atoms with E-state index in [0.29, 0.717) is 0 Å². The minimum absolute atomic E-state index is 0.816. The quantitative estimate of drug-likeness (QED) is 0.465. The van der Waals surface area contributed by atoms with E-state index >= 15 is 0 Å². The Balaban J connectivity index is 1.30. The molecule has 1 aromatic rings. The van der Waals surface area contributed by atoms with Crippen molar-refractivity contribution in [1.82, 2.24) is 0 Å². The zero-order chi connectivity index (χ0) is 18.6. The van der Waals surface area contributed by atoms with E-state index in [1.54, 1.807) is 12.0 Å². The molecule has 3 aliphatic rings. The molecule has 4 rings (SSSR count). The van der Waals surface area contributed by atoms with Crippen molar-refractivity contribution >= 4 is 0 Å². The fraction of sp³-hybridized carbons (Fsp3) is 0.704. The van der Waals surface area contributed by atoms with Crippen LogP contribution in [0.3, 0.4) is 0 Å². The van der Waals surface area contributed by atoms with Crippen LogP contribution in [-0.2, 0) is 6.42 Å². The van der Waals surface area contributed by atoms with Gasteiger partial charge >= 0.3 is 0 Å². The number of fused-ring (bicyclic) bond motifs is 1. The zero-order valence-electron chi connectivity index (χ0n) is 17.5. The van der Waals surface area contributed by atoms with Crippen LogP contribution in [0.25, 0.3) is 0 Å². The van der Waals surface area contributed by atoms with Gasteiger partial charge in [0.15, 0.2) is 0 Å². The lowest BCUT2D eigenvalue weighted by Crippen LogP contribution is -2.34. The lowest BCUT2D eigenvalue weighted by molar-refractivity contribution is 0.0748.